The molecule has 1 fully saturated rings. The van der Waals surface area contributed by atoms with Gasteiger partial charge in [-0.15, -0.1) is 12.4 Å². The zero-order valence-electron chi connectivity index (χ0n) is 13.7. The number of nitrogens with one attached hydrogen (secondary N) is 2. The van der Waals surface area contributed by atoms with Gasteiger partial charge < -0.3 is 10.6 Å². The molecule has 3 nitrogen and oxygen atoms in total. The second kappa shape index (κ2) is 9.86. The molecule has 22 heavy (non-hydrogen) atoms. The van der Waals surface area contributed by atoms with E-state index in [1.54, 1.807) is 0 Å². The summed E-state index contributed by atoms with van der Waals surface area (Å²) in [6.45, 7) is 6.12. The Morgan fingerprint density at radius 2 is 2.05 bits per heavy atom. The van der Waals surface area contributed by atoms with Gasteiger partial charge in [0.05, 0.1) is 0 Å². The predicted octanol–water partition coefficient (Wildman–Crippen LogP) is 4.37. The Morgan fingerprint density at radius 3 is 2.77 bits per heavy atom. The third-order valence-corrected chi connectivity index (χ3v) is 4.38. The average molecular weight is 325 g/mol. The van der Waals surface area contributed by atoms with Crippen molar-refractivity contribution in [3.63, 3.8) is 0 Å². The lowest BCUT2D eigenvalue weighted by molar-refractivity contribution is -0.117. The van der Waals surface area contributed by atoms with E-state index in [0.29, 0.717) is 12.3 Å². The number of para-hydroxylation sites is 1. The molecule has 1 aromatic rings. The topological polar surface area (TPSA) is 41.1 Å². The van der Waals surface area contributed by atoms with Gasteiger partial charge in [-0.1, -0.05) is 44.9 Å². The van der Waals surface area contributed by atoms with Crippen molar-refractivity contribution >= 4 is 24.0 Å². The van der Waals surface area contributed by atoms with Gasteiger partial charge in [0.1, 0.15) is 0 Å². The average Bonchev–Trinajstić information content (AvgIpc) is 2.46. The van der Waals surface area contributed by atoms with Crippen molar-refractivity contribution in [2.75, 3.05) is 11.9 Å². The summed E-state index contributed by atoms with van der Waals surface area (Å²) in [5, 5.41) is 6.42. The van der Waals surface area contributed by atoms with Crippen LogP contribution in [0.15, 0.2) is 24.3 Å². The van der Waals surface area contributed by atoms with Crippen molar-refractivity contribution in [2.24, 2.45) is 11.8 Å². The summed E-state index contributed by atoms with van der Waals surface area (Å²) in [5.41, 5.74) is 2.11. The molecule has 0 saturated heterocycles. The SMILES string of the molecule is CCNCc1ccccc1NC(=O)CC1CCCC(C)C1.Cl. The second-order valence-electron chi connectivity index (χ2n) is 6.33. The first-order valence-electron chi connectivity index (χ1n) is 8.27. The largest absolute Gasteiger partial charge is 0.326 e. The predicted molar refractivity (Wildman–Crippen MR) is 95.4 cm³/mol. The summed E-state index contributed by atoms with van der Waals surface area (Å²) < 4.78 is 0. The van der Waals surface area contributed by atoms with E-state index in [1.165, 1.54) is 25.7 Å². The van der Waals surface area contributed by atoms with Crippen LogP contribution in [0.25, 0.3) is 0 Å². The van der Waals surface area contributed by atoms with Crippen LogP contribution in [-0.4, -0.2) is 12.5 Å². The zero-order chi connectivity index (χ0) is 15.1. The summed E-state index contributed by atoms with van der Waals surface area (Å²) in [5.74, 6) is 1.50. The van der Waals surface area contributed by atoms with Crippen LogP contribution in [0.1, 0.15) is 51.5 Å². The first-order valence-corrected chi connectivity index (χ1v) is 8.27. The van der Waals surface area contributed by atoms with Crippen LogP contribution in [0.2, 0.25) is 0 Å². The Morgan fingerprint density at radius 1 is 1.27 bits per heavy atom. The molecule has 0 spiro atoms. The number of anilines is 1. The molecule has 0 radical (unpaired) electrons. The molecule has 2 N–H and O–H groups in total. The van der Waals surface area contributed by atoms with Gasteiger partial charge in [-0.2, -0.15) is 0 Å². The van der Waals surface area contributed by atoms with Crippen LogP contribution in [0.3, 0.4) is 0 Å². The van der Waals surface area contributed by atoms with Gasteiger partial charge in [0.2, 0.25) is 5.91 Å². The van der Waals surface area contributed by atoms with E-state index in [9.17, 15) is 4.79 Å². The molecule has 1 saturated carbocycles. The third-order valence-electron chi connectivity index (χ3n) is 4.38. The molecule has 1 aromatic carbocycles. The summed E-state index contributed by atoms with van der Waals surface area (Å²) in [6, 6.07) is 8.06. The summed E-state index contributed by atoms with van der Waals surface area (Å²) >= 11 is 0. The molecule has 2 unspecified atom stereocenters. The Kier molecular flexibility index (Phi) is 8.51. The van der Waals surface area contributed by atoms with Crippen molar-refractivity contribution in [3.05, 3.63) is 29.8 Å². The Balaban J connectivity index is 0.00000242. The molecule has 0 aromatic heterocycles. The monoisotopic (exact) mass is 324 g/mol. The number of amides is 1. The highest BCUT2D eigenvalue weighted by Gasteiger charge is 2.21. The molecule has 0 heterocycles. The Labute approximate surface area is 140 Å². The number of rotatable bonds is 6. The number of hydrogen-bond acceptors (Lipinski definition) is 2. The Hall–Kier alpha value is -1.06. The maximum Gasteiger partial charge on any atom is 0.224 e. The Bertz CT molecular complexity index is 464. The maximum atomic E-state index is 12.3. The molecule has 1 aliphatic rings. The fourth-order valence-corrected chi connectivity index (χ4v) is 3.26. The van der Waals surface area contributed by atoms with Gasteiger partial charge in [-0.05, 0) is 42.9 Å². The minimum atomic E-state index is 0. The summed E-state index contributed by atoms with van der Waals surface area (Å²) in [7, 11) is 0. The minimum absolute atomic E-state index is 0. The first kappa shape index (κ1) is 19.0. The highest BCUT2D eigenvalue weighted by atomic mass is 35.5. The molecule has 4 heteroatoms. The van der Waals surface area contributed by atoms with Gasteiger partial charge in [0.25, 0.3) is 0 Å². The number of carbonyl (C=O) groups excluding carboxylic acids is 1. The van der Waals surface area contributed by atoms with E-state index in [2.05, 4.69) is 30.5 Å². The van der Waals surface area contributed by atoms with Gasteiger partial charge in [0.15, 0.2) is 0 Å². The number of halogens is 1. The normalized spacial score (nSPS) is 21.0. The minimum Gasteiger partial charge on any atom is -0.326 e. The van der Waals surface area contributed by atoms with Crippen LogP contribution in [0.5, 0.6) is 0 Å². The number of carbonyl (C=O) groups is 1. The quantitative estimate of drug-likeness (QED) is 0.815. The van der Waals surface area contributed by atoms with Crippen LogP contribution in [-0.2, 0) is 11.3 Å². The van der Waals surface area contributed by atoms with E-state index < -0.39 is 0 Å². The van der Waals surface area contributed by atoms with Crippen LogP contribution in [0.4, 0.5) is 5.69 Å². The fraction of sp³-hybridized carbons (Fsp3) is 0.611. The van der Waals surface area contributed by atoms with E-state index in [-0.39, 0.29) is 18.3 Å². The van der Waals surface area contributed by atoms with Crippen molar-refractivity contribution in [1.29, 1.82) is 0 Å². The van der Waals surface area contributed by atoms with Crippen molar-refractivity contribution in [2.45, 2.75) is 52.5 Å². The molecule has 2 atom stereocenters. The van der Waals surface area contributed by atoms with Crippen LogP contribution >= 0.6 is 12.4 Å². The van der Waals surface area contributed by atoms with Crippen molar-refractivity contribution in [1.82, 2.24) is 5.32 Å². The molecule has 1 amide bonds. The van der Waals surface area contributed by atoms with Crippen LogP contribution < -0.4 is 10.6 Å². The molecule has 124 valence electrons. The molecule has 1 aliphatic carbocycles. The molecule has 0 aliphatic heterocycles. The van der Waals surface area contributed by atoms with E-state index in [0.717, 1.165) is 30.3 Å². The number of benzene rings is 1. The zero-order valence-corrected chi connectivity index (χ0v) is 14.5. The first-order chi connectivity index (χ1) is 10.2. The van der Waals surface area contributed by atoms with Gasteiger partial charge in [0, 0.05) is 18.7 Å². The van der Waals surface area contributed by atoms with Crippen molar-refractivity contribution < 1.29 is 4.79 Å². The highest BCUT2D eigenvalue weighted by Crippen LogP contribution is 2.31. The molecule has 2 rings (SSSR count). The van der Waals surface area contributed by atoms with Crippen LogP contribution in [0, 0.1) is 11.8 Å². The molecular weight excluding hydrogens is 296 g/mol. The lowest BCUT2D eigenvalue weighted by Gasteiger charge is -2.26. The number of hydrogen-bond donors (Lipinski definition) is 2. The summed E-state index contributed by atoms with van der Waals surface area (Å²) in [4.78, 5) is 12.3. The standard InChI is InChI=1S/C18H28N2O.ClH/c1-3-19-13-16-9-4-5-10-17(16)20-18(21)12-15-8-6-7-14(2)11-15;/h4-5,9-10,14-15,19H,3,6-8,11-13H2,1-2H3,(H,20,21);1H. The third kappa shape index (κ3) is 5.98. The van der Waals surface area contributed by atoms with Crippen molar-refractivity contribution in [3.8, 4) is 0 Å². The summed E-state index contributed by atoms with van der Waals surface area (Å²) in [6.07, 6.45) is 5.67. The van der Waals surface area contributed by atoms with E-state index >= 15 is 0 Å². The molecule has 0 bridgehead atoms. The smallest absolute Gasteiger partial charge is 0.224 e. The molecular formula is C18H29ClN2O. The maximum absolute atomic E-state index is 12.3. The van der Waals surface area contributed by atoms with Gasteiger partial charge >= 0.3 is 0 Å². The van der Waals surface area contributed by atoms with Gasteiger partial charge in [-0.3, -0.25) is 4.79 Å². The lowest BCUT2D eigenvalue weighted by Crippen LogP contribution is -2.22. The van der Waals surface area contributed by atoms with Gasteiger partial charge in [-0.25, -0.2) is 0 Å². The van der Waals surface area contributed by atoms with E-state index in [4.69, 9.17) is 0 Å². The fourth-order valence-electron chi connectivity index (χ4n) is 3.26. The highest BCUT2D eigenvalue weighted by molar-refractivity contribution is 5.91. The lowest BCUT2D eigenvalue weighted by atomic mass is 9.81. The van der Waals surface area contributed by atoms with E-state index in [1.807, 2.05) is 18.2 Å². The second-order valence-corrected chi connectivity index (χ2v) is 6.33.